The van der Waals surface area contributed by atoms with Gasteiger partial charge in [-0.15, -0.1) is 0 Å². The molecule has 352 valence electrons. The number of fused-ring (bicyclic) bond motifs is 1. The Kier molecular flexibility index (Phi) is 14.7. The van der Waals surface area contributed by atoms with Gasteiger partial charge >= 0.3 is 0 Å². The molecule has 66 heavy (non-hydrogen) atoms. The molecule has 7 rings (SSSR count). The first-order valence-electron chi connectivity index (χ1n) is 22.0. The van der Waals surface area contributed by atoms with Crippen molar-refractivity contribution in [2.75, 3.05) is 36.1 Å². The summed E-state index contributed by atoms with van der Waals surface area (Å²) in [7, 11) is -7.15. The number of unbranched alkanes of at least 4 members (excludes halogenated alkanes) is 2. The van der Waals surface area contributed by atoms with Gasteiger partial charge in [0.2, 0.25) is 27.8 Å². The van der Waals surface area contributed by atoms with Gasteiger partial charge in [-0.05, 0) is 127 Å². The van der Waals surface area contributed by atoms with Gasteiger partial charge in [-0.3, -0.25) is 29.4 Å². The molecule has 4 amide bonds. The number of aryl methyl sites for hydroxylation is 1. The maximum absolute atomic E-state index is 13.5. The SMILES string of the molecule is Cc1cc(Nc2ncc(Cl)c(Nc3ccccc3S(=O)(=O)C(C)C)n2)c(OC(C)C)cc1C1CCN(S(=O)(=O)CCCCCOc2cccc3c2C(=O)N(C2CCC(=O)NC2=O)C3=O)CC1. The van der Waals surface area contributed by atoms with Crippen LogP contribution >= 0.6 is 11.6 Å². The number of sulfone groups is 1. The van der Waals surface area contributed by atoms with Gasteiger partial charge in [0.15, 0.2) is 15.7 Å². The van der Waals surface area contributed by atoms with Gasteiger partial charge in [0.25, 0.3) is 11.8 Å². The number of anilines is 4. The van der Waals surface area contributed by atoms with E-state index in [-0.39, 0.29) is 75.8 Å². The Hall–Kier alpha value is -5.63. The van der Waals surface area contributed by atoms with E-state index in [1.54, 1.807) is 48.5 Å². The van der Waals surface area contributed by atoms with Crippen molar-refractivity contribution in [3.8, 4) is 11.5 Å². The molecule has 4 aromatic rings. The molecule has 17 nitrogen and oxygen atoms in total. The zero-order chi connectivity index (χ0) is 47.5. The smallest absolute Gasteiger partial charge is 0.266 e. The molecule has 3 aliphatic rings. The number of aromatic nitrogens is 2. The van der Waals surface area contributed by atoms with Gasteiger partial charge in [-0.2, -0.15) is 4.98 Å². The van der Waals surface area contributed by atoms with Gasteiger partial charge in [-0.1, -0.05) is 29.8 Å². The number of rotatable bonds is 18. The molecular formula is C46H54ClN7O10S2. The second-order valence-electron chi connectivity index (χ2n) is 17.1. The summed E-state index contributed by atoms with van der Waals surface area (Å²) < 4.78 is 66.9. The summed E-state index contributed by atoms with van der Waals surface area (Å²) in [6.45, 7) is 9.99. The van der Waals surface area contributed by atoms with Crippen molar-refractivity contribution in [1.29, 1.82) is 0 Å². The van der Waals surface area contributed by atoms with Crippen molar-refractivity contribution in [2.24, 2.45) is 0 Å². The summed E-state index contributed by atoms with van der Waals surface area (Å²) in [5, 5.41) is 8.07. The minimum absolute atomic E-state index is 0.0189. The molecule has 2 fully saturated rings. The van der Waals surface area contributed by atoms with Crippen LogP contribution in [-0.2, 0) is 29.4 Å². The summed E-state index contributed by atoms with van der Waals surface area (Å²) in [4.78, 5) is 60.6. The zero-order valence-electron chi connectivity index (χ0n) is 37.4. The molecule has 0 radical (unpaired) electrons. The fourth-order valence-electron chi connectivity index (χ4n) is 8.35. The topological polar surface area (TPSA) is 223 Å². The van der Waals surface area contributed by atoms with Crippen molar-refractivity contribution in [3.05, 3.63) is 88.1 Å². The molecule has 2 saturated heterocycles. The Balaban J connectivity index is 0.926. The average Bonchev–Trinajstić information content (AvgIpc) is 3.52. The monoisotopic (exact) mass is 963 g/mol. The van der Waals surface area contributed by atoms with Crippen LogP contribution in [0.3, 0.4) is 0 Å². The summed E-state index contributed by atoms with van der Waals surface area (Å²) in [5.74, 6) is -1.17. The lowest BCUT2D eigenvalue weighted by Gasteiger charge is -2.32. The number of sulfonamides is 1. The van der Waals surface area contributed by atoms with Crippen molar-refractivity contribution in [3.63, 3.8) is 0 Å². The van der Waals surface area contributed by atoms with E-state index in [1.807, 2.05) is 32.9 Å². The number of nitrogens with zero attached hydrogens (tertiary/aromatic N) is 4. The highest BCUT2D eigenvalue weighted by Crippen LogP contribution is 2.39. The molecule has 0 spiro atoms. The van der Waals surface area contributed by atoms with E-state index in [2.05, 4.69) is 25.9 Å². The number of benzene rings is 3. The predicted octanol–water partition coefficient (Wildman–Crippen LogP) is 7.05. The number of piperidine rings is 2. The third kappa shape index (κ3) is 10.5. The van der Waals surface area contributed by atoms with Crippen LogP contribution in [0.4, 0.5) is 23.1 Å². The maximum atomic E-state index is 13.5. The van der Waals surface area contributed by atoms with Gasteiger partial charge in [0.1, 0.15) is 22.6 Å². The first-order valence-corrected chi connectivity index (χ1v) is 25.5. The summed E-state index contributed by atoms with van der Waals surface area (Å²) in [5.41, 5.74) is 3.16. The fraction of sp³-hybridized carbons (Fsp3) is 0.435. The first kappa shape index (κ1) is 48.3. The van der Waals surface area contributed by atoms with Crippen LogP contribution in [-0.4, -0.2) is 102 Å². The Morgan fingerprint density at radius 1 is 0.864 bits per heavy atom. The molecule has 1 atom stereocenters. The van der Waals surface area contributed by atoms with Crippen LogP contribution in [0, 0.1) is 6.92 Å². The molecule has 0 saturated carbocycles. The van der Waals surface area contributed by atoms with Crippen LogP contribution in [0.2, 0.25) is 5.02 Å². The molecule has 0 aliphatic carbocycles. The predicted molar refractivity (Wildman–Crippen MR) is 249 cm³/mol. The number of amides is 4. The number of halogens is 1. The average molecular weight is 965 g/mol. The number of carbonyl (C=O) groups excluding carboxylic acids is 4. The largest absolute Gasteiger partial charge is 0.493 e. The standard InChI is InChI=1S/C46H54ClN7O10S2/c1-27(2)64-38-25-32(29(5)24-35(38)50-46-48-26-33(47)42(52-46)49-34-13-7-8-15-39(34)66(61,62)28(3)4)30-18-20-53(21-19-30)65(59,60)23-10-6-9-22-63-37-14-11-12-31-41(37)45(58)54(44(31)57)36-16-17-40(55)51-43(36)56/h7-8,11-15,24-28,30,36H,6,9-10,16-23H2,1-5H3,(H,51,55,56)(H2,48,49,50,52). The van der Waals surface area contributed by atoms with Gasteiger partial charge in [0, 0.05) is 19.5 Å². The molecule has 1 aromatic heterocycles. The van der Waals surface area contributed by atoms with E-state index in [9.17, 15) is 36.0 Å². The van der Waals surface area contributed by atoms with Gasteiger partial charge in [0.05, 0.1) is 57.3 Å². The highest BCUT2D eigenvalue weighted by Gasteiger charge is 2.46. The molecule has 3 aliphatic heterocycles. The first-order chi connectivity index (χ1) is 31.3. The van der Waals surface area contributed by atoms with E-state index in [0.717, 1.165) is 16.0 Å². The normalized spacial score (nSPS) is 17.3. The second-order valence-corrected chi connectivity index (χ2v) is 22.1. The van der Waals surface area contributed by atoms with E-state index < -0.39 is 54.8 Å². The fourth-order valence-corrected chi connectivity index (χ4v) is 11.3. The lowest BCUT2D eigenvalue weighted by Crippen LogP contribution is -2.54. The van der Waals surface area contributed by atoms with Crippen molar-refractivity contribution < 1.29 is 45.5 Å². The molecule has 3 aromatic carbocycles. The number of imide groups is 2. The Morgan fingerprint density at radius 2 is 1.61 bits per heavy atom. The number of carbonyl (C=O) groups is 4. The molecule has 0 bridgehead atoms. The Morgan fingerprint density at radius 3 is 2.32 bits per heavy atom. The summed E-state index contributed by atoms with van der Waals surface area (Å²) >= 11 is 6.49. The van der Waals surface area contributed by atoms with Gasteiger partial charge in [-0.25, -0.2) is 26.1 Å². The van der Waals surface area contributed by atoms with E-state index >= 15 is 0 Å². The van der Waals surface area contributed by atoms with Crippen molar-refractivity contribution in [2.45, 2.75) is 108 Å². The second kappa shape index (κ2) is 20.1. The Labute approximate surface area is 390 Å². The van der Waals surface area contributed by atoms with Crippen LogP contribution in [0.1, 0.15) is 110 Å². The van der Waals surface area contributed by atoms with Crippen molar-refractivity contribution in [1.82, 2.24) is 24.5 Å². The minimum Gasteiger partial charge on any atom is -0.493 e. The Bertz CT molecular complexity index is 2760. The third-order valence-corrected chi connectivity index (χ3v) is 16.3. The van der Waals surface area contributed by atoms with E-state index in [0.29, 0.717) is 62.3 Å². The quantitative estimate of drug-likeness (QED) is 0.0672. The third-order valence-electron chi connectivity index (χ3n) is 11.8. The number of para-hydroxylation sites is 1. The summed E-state index contributed by atoms with van der Waals surface area (Å²) in [6, 6.07) is 14.1. The highest BCUT2D eigenvalue weighted by molar-refractivity contribution is 7.92. The lowest BCUT2D eigenvalue weighted by atomic mass is 9.87. The van der Waals surface area contributed by atoms with Crippen LogP contribution in [0.15, 0.2) is 65.7 Å². The zero-order valence-corrected chi connectivity index (χ0v) is 39.8. The lowest BCUT2D eigenvalue weighted by molar-refractivity contribution is -0.136. The maximum Gasteiger partial charge on any atom is 0.266 e. The molecule has 4 heterocycles. The highest BCUT2D eigenvalue weighted by atomic mass is 35.5. The number of hydrogen-bond acceptors (Lipinski definition) is 14. The van der Waals surface area contributed by atoms with Gasteiger partial charge < -0.3 is 20.1 Å². The van der Waals surface area contributed by atoms with Crippen LogP contribution in [0.25, 0.3) is 0 Å². The number of nitrogens with one attached hydrogen (secondary N) is 3. The van der Waals surface area contributed by atoms with E-state index in [1.165, 1.54) is 18.3 Å². The van der Waals surface area contributed by atoms with E-state index in [4.69, 9.17) is 21.1 Å². The molecule has 3 N–H and O–H groups in total. The van der Waals surface area contributed by atoms with Crippen LogP contribution in [0.5, 0.6) is 11.5 Å². The summed E-state index contributed by atoms with van der Waals surface area (Å²) in [6.07, 6.45) is 4.02. The number of ether oxygens (including phenoxy) is 2. The molecular weight excluding hydrogens is 910 g/mol. The molecule has 20 heteroatoms. The number of hydrogen-bond donors (Lipinski definition) is 3. The van der Waals surface area contributed by atoms with Crippen LogP contribution < -0.4 is 25.4 Å². The van der Waals surface area contributed by atoms with Crippen molar-refractivity contribution >= 4 is 78.2 Å². The minimum atomic E-state index is -3.61. The molecule has 1 unspecified atom stereocenters.